The summed E-state index contributed by atoms with van der Waals surface area (Å²) >= 11 is 1.80. The van der Waals surface area contributed by atoms with Crippen LogP contribution in [0.3, 0.4) is 0 Å². The molecule has 2 N–H and O–H groups in total. The Balaban J connectivity index is 0.00000104. The maximum Gasteiger partial charge on any atom is 0.227 e. The van der Waals surface area contributed by atoms with E-state index in [9.17, 15) is 4.79 Å². The van der Waals surface area contributed by atoms with E-state index in [0.717, 1.165) is 17.8 Å². The van der Waals surface area contributed by atoms with Gasteiger partial charge in [0.2, 0.25) is 5.91 Å². The molecule has 3 aliphatic rings. The molecule has 24 heavy (non-hydrogen) atoms. The molecule has 4 rings (SSSR count). The monoisotopic (exact) mass is 391 g/mol. The lowest BCUT2D eigenvalue weighted by molar-refractivity contribution is -0.137. The lowest BCUT2D eigenvalue weighted by Gasteiger charge is -2.30. The fourth-order valence-electron chi connectivity index (χ4n) is 4.71. The molecule has 1 aromatic rings. The number of thiazole rings is 1. The molecule has 0 aromatic carbocycles. The van der Waals surface area contributed by atoms with Gasteiger partial charge in [-0.1, -0.05) is 0 Å². The van der Waals surface area contributed by atoms with Crippen LogP contribution in [0.1, 0.15) is 47.7 Å². The van der Waals surface area contributed by atoms with Crippen LogP contribution >= 0.6 is 36.2 Å². The van der Waals surface area contributed by atoms with Gasteiger partial charge >= 0.3 is 0 Å². The lowest BCUT2D eigenvalue weighted by atomic mass is 9.84. The van der Waals surface area contributed by atoms with Crippen molar-refractivity contribution in [3.63, 3.8) is 0 Å². The minimum Gasteiger partial charge on any atom is -0.339 e. The molecule has 0 radical (unpaired) electrons. The van der Waals surface area contributed by atoms with Crippen LogP contribution in [0.2, 0.25) is 0 Å². The lowest BCUT2D eigenvalue weighted by Crippen LogP contribution is -2.45. The van der Waals surface area contributed by atoms with E-state index in [1.807, 2.05) is 11.9 Å². The minimum atomic E-state index is 0. The van der Waals surface area contributed by atoms with Crippen molar-refractivity contribution in [2.75, 3.05) is 7.05 Å². The topological polar surface area (TPSA) is 59.2 Å². The smallest absolute Gasteiger partial charge is 0.227 e. The normalized spacial score (nSPS) is 30.2. The Kier molecular flexibility index (Phi) is 6.57. The van der Waals surface area contributed by atoms with Gasteiger partial charge in [0, 0.05) is 18.0 Å². The number of halogens is 2. The number of carbonyl (C=O) groups is 1. The average molecular weight is 392 g/mol. The molecule has 1 amide bonds. The van der Waals surface area contributed by atoms with Crippen LogP contribution in [0, 0.1) is 17.8 Å². The van der Waals surface area contributed by atoms with E-state index in [1.54, 1.807) is 11.3 Å². The molecular formula is C17H27Cl2N3OS. The first-order chi connectivity index (χ1) is 10.6. The second-order valence-electron chi connectivity index (χ2n) is 7.32. The van der Waals surface area contributed by atoms with Crippen LogP contribution in [0.5, 0.6) is 0 Å². The van der Waals surface area contributed by atoms with Gasteiger partial charge in [0.1, 0.15) is 5.01 Å². The van der Waals surface area contributed by atoms with Crippen molar-refractivity contribution in [3.8, 4) is 0 Å². The van der Waals surface area contributed by atoms with Gasteiger partial charge in [-0.15, -0.1) is 36.2 Å². The zero-order valence-corrected chi connectivity index (χ0v) is 16.5. The van der Waals surface area contributed by atoms with Crippen LogP contribution in [-0.4, -0.2) is 28.9 Å². The number of aryl methyl sites for hydroxylation is 2. The predicted molar refractivity (Wildman–Crippen MR) is 102 cm³/mol. The van der Waals surface area contributed by atoms with Crippen LogP contribution in [-0.2, 0) is 24.2 Å². The fraction of sp³-hybridized carbons (Fsp3) is 0.765. The molecule has 2 bridgehead atoms. The van der Waals surface area contributed by atoms with E-state index in [-0.39, 0.29) is 42.7 Å². The Bertz CT molecular complexity index is 569. The van der Waals surface area contributed by atoms with Gasteiger partial charge in [0.05, 0.1) is 18.2 Å². The molecule has 0 saturated heterocycles. The Morgan fingerprint density at radius 1 is 1.25 bits per heavy atom. The Morgan fingerprint density at radius 3 is 2.62 bits per heavy atom. The van der Waals surface area contributed by atoms with Crippen molar-refractivity contribution >= 4 is 42.1 Å². The third-order valence-corrected chi connectivity index (χ3v) is 7.05. The first-order valence-electron chi connectivity index (χ1n) is 8.61. The van der Waals surface area contributed by atoms with Crippen molar-refractivity contribution in [2.45, 2.75) is 57.5 Å². The maximum absolute atomic E-state index is 12.8. The third kappa shape index (κ3) is 3.46. The van der Waals surface area contributed by atoms with Crippen LogP contribution < -0.4 is 5.73 Å². The van der Waals surface area contributed by atoms with Gasteiger partial charge in [-0.2, -0.15) is 0 Å². The first kappa shape index (κ1) is 20.0. The number of nitrogens with zero attached hydrogens (tertiary/aromatic N) is 2. The van der Waals surface area contributed by atoms with Crippen molar-refractivity contribution in [3.05, 3.63) is 15.6 Å². The maximum atomic E-state index is 12.8. The molecule has 4 atom stereocenters. The summed E-state index contributed by atoms with van der Waals surface area (Å²) < 4.78 is 0. The standard InChI is InChI=1S/C17H25N3OS.2ClH/c1-20(9-14-19-12-4-2-3-5-13(12)22-14)17(21)15-10-6-7-11(8-10)16(15)18;;/h10-11,15-16H,2-9,18H2,1H3;2*1H. The highest BCUT2D eigenvalue weighted by molar-refractivity contribution is 7.11. The zero-order chi connectivity index (χ0) is 15.3. The molecule has 1 heterocycles. The van der Waals surface area contributed by atoms with E-state index >= 15 is 0 Å². The molecule has 4 nitrogen and oxygen atoms in total. The van der Waals surface area contributed by atoms with E-state index in [2.05, 4.69) is 0 Å². The summed E-state index contributed by atoms with van der Waals surface area (Å²) in [5.74, 6) is 1.41. The number of amides is 1. The molecule has 2 saturated carbocycles. The summed E-state index contributed by atoms with van der Waals surface area (Å²) in [4.78, 5) is 20.9. The summed E-state index contributed by atoms with van der Waals surface area (Å²) in [7, 11) is 1.92. The summed E-state index contributed by atoms with van der Waals surface area (Å²) in [5.41, 5.74) is 7.60. The average Bonchev–Trinajstić information content (AvgIpc) is 3.19. The van der Waals surface area contributed by atoms with Gasteiger partial charge in [-0.25, -0.2) is 4.98 Å². The van der Waals surface area contributed by atoms with E-state index in [4.69, 9.17) is 10.7 Å². The molecule has 2 fully saturated rings. The quantitative estimate of drug-likeness (QED) is 0.860. The van der Waals surface area contributed by atoms with Gasteiger partial charge in [-0.05, 0) is 56.8 Å². The summed E-state index contributed by atoms with van der Waals surface area (Å²) in [6, 6.07) is 0.0817. The SMILES string of the molecule is CN(Cc1nc2c(s1)CCCC2)C(=O)C1C2CCC(C2)C1N.Cl.Cl. The molecule has 4 unspecified atom stereocenters. The number of carbonyl (C=O) groups excluding carboxylic acids is 1. The first-order valence-corrected chi connectivity index (χ1v) is 9.43. The molecule has 7 heteroatoms. The number of aromatic nitrogens is 1. The van der Waals surface area contributed by atoms with Crippen molar-refractivity contribution < 1.29 is 4.79 Å². The highest BCUT2D eigenvalue weighted by Gasteiger charge is 2.49. The van der Waals surface area contributed by atoms with E-state index in [1.165, 1.54) is 42.7 Å². The predicted octanol–water partition coefficient (Wildman–Crippen LogP) is 3.20. The zero-order valence-electron chi connectivity index (χ0n) is 14.1. The Hall–Kier alpha value is -0.360. The number of nitrogens with two attached hydrogens (primary N) is 1. The summed E-state index contributed by atoms with van der Waals surface area (Å²) in [5, 5.41) is 1.10. The molecule has 0 aliphatic heterocycles. The molecule has 0 spiro atoms. The van der Waals surface area contributed by atoms with Crippen LogP contribution in [0.15, 0.2) is 0 Å². The fourth-order valence-corrected chi connectivity index (χ4v) is 5.92. The van der Waals surface area contributed by atoms with Crippen molar-refractivity contribution in [1.29, 1.82) is 0 Å². The number of hydrogen-bond acceptors (Lipinski definition) is 4. The van der Waals surface area contributed by atoms with Gasteiger partial charge in [-0.3, -0.25) is 4.79 Å². The van der Waals surface area contributed by atoms with E-state index < -0.39 is 0 Å². The van der Waals surface area contributed by atoms with Gasteiger partial charge in [0.25, 0.3) is 0 Å². The highest BCUT2D eigenvalue weighted by atomic mass is 35.5. The third-order valence-electron chi connectivity index (χ3n) is 5.90. The second-order valence-corrected chi connectivity index (χ2v) is 8.48. The van der Waals surface area contributed by atoms with E-state index in [0.29, 0.717) is 18.4 Å². The second kappa shape index (κ2) is 7.90. The Morgan fingerprint density at radius 2 is 1.96 bits per heavy atom. The number of hydrogen-bond donors (Lipinski definition) is 1. The van der Waals surface area contributed by atoms with Gasteiger partial charge in [0.15, 0.2) is 0 Å². The number of rotatable bonds is 3. The van der Waals surface area contributed by atoms with Crippen molar-refractivity contribution in [1.82, 2.24) is 9.88 Å². The number of fused-ring (bicyclic) bond motifs is 3. The Labute approximate surface area is 160 Å². The van der Waals surface area contributed by atoms with Crippen LogP contribution in [0.25, 0.3) is 0 Å². The molecule has 1 aromatic heterocycles. The molecular weight excluding hydrogens is 365 g/mol. The van der Waals surface area contributed by atoms with Crippen LogP contribution in [0.4, 0.5) is 0 Å². The van der Waals surface area contributed by atoms with Gasteiger partial charge < -0.3 is 10.6 Å². The summed E-state index contributed by atoms with van der Waals surface area (Å²) in [6.07, 6.45) is 8.39. The molecule has 136 valence electrons. The van der Waals surface area contributed by atoms with Crippen molar-refractivity contribution in [2.24, 2.45) is 23.5 Å². The minimum absolute atomic E-state index is 0. The highest BCUT2D eigenvalue weighted by Crippen LogP contribution is 2.48. The summed E-state index contributed by atoms with van der Waals surface area (Å²) in [6.45, 7) is 0.650. The largest absolute Gasteiger partial charge is 0.339 e. The molecule has 3 aliphatic carbocycles.